The highest BCUT2D eigenvalue weighted by Gasteiger charge is 2.40. The molecule has 0 N–H and O–H groups in total. The predicted molar refractivity (Wildman–Crippen MR) is 113 cm³/mol. The summed E-state index contributed by atoms with van der Waals surface area (Å²) in [5.41, 5.74) is 1.13. The molecule has 0 radical (unpaired) electrons. The number of pyridine rings is 1. The number of hydrogen-bond donors (Lipinski definition) is 0. The molecule has 1 amide bonds. The number of amides is 1. The van der Waals surface area contributed by atoms with Gasteiger partial charge in [0.25, 0.3) is 5.91 Å². The quantitative estimate of drug-likeness (QED) is 0.502. The zero-order valence-corrected chi connectivity index (χ0v) is 18.9. The maximum atomic E-state index is 13.5. The van der Waals surface area contributed by atoms with Gasteiger partial charge in [-0.3, -0.25) is 4.79 Å². The molecule has 8 nitrogen and oxygen atoms in total. The fraction of sp³-hybridized carbons (Fsp3) is 0.304. The van der Waals surface area contributed by atoms with Crippen molar-refractivity contribution in [3.05, 3.63) is 64.4 Å². The first-order valence-corrected chi connectivity index (χ1v) is 10.4. The van der Waals surface area contributed by atoms with Gasteiger partial charge < -0.3 is 14.4 Å². The second kappa shape index (κ2) is 8.90. The molecule has 12 heteroatoms. The van der Waals surface area contributed by atoms with Gasteiger partial charge in [0.15, 0.2) is 17.7 Å². The van der Waals surface area contributed by atoms with E-state index in [0.29, 0.717) is 17.1 Å². The number of carbonyl (C=O) groups is 1. The summed E-state index contributed by atoms with van der Waals surface area (Å²) in [7, 11) is 1.21. The molecule has 0 fully saturated rings. The third-order valence-electron chi connectivity index (χ3n) is 5.53. The number of fused-ring (bicyclic) bond motifs is 1. The van der Waals surface area contributed by atoms with Crippen molar-refractivity contribution in [2.45, 2.75) is 39.2 Å². The van der Waals surface area contributed by atoms with E-state index in [1.165, 1.54) is 41.8 Å². The Kier molecular flexibility index (Phi) is 6.10. The zero-order valence-electron chi connectivity index (χ0n) is 18.9. The summed E-state index contributed by atoms with van der Waals surface area (Å²) in [6, 6.07) is 6.99. The van der Waals surface area contributed by atoms with Crippen LogP contribution in [0.3, 0.4) is 0 Å². The third kappa shape index (κ3) is 4.49. The maximum absolute atomic E-state index is 13.5. The van der Waals surface area contributed by atoms with Crippen LogP contribution >= 0.6 is 0 Å². The molecule has 0 saturated carbocycles. The molecule has 1 atom stereocenters. The summed E-state index contributed by atoms with van der Waals surface area (Å²) in [6.07, 6.45) is -5.21. The predicted octanol–water partition coefficient (Wildman–Crippen LogP) is 4.08. The molecule has 2 aromatic heterocycles. The molecule has 1 aromatic carbocycles. The van der Waals surface area contributed by atoms with Crippen molar-refractivity contribution in [1.82, 2.24) is 19.7 Å². The van der Waals surface area contributed by atoms with Crippen molar-refractivity contribution in [2.24, 2.45) is 0 Å². The van der Waals surface area contributed by atoms with Crippen LogP contribution in [0.2, 0.25) is 0 Å². The number of benzene rings is 1. The Hall–Kier alpha value is -4.14. The minimum Gasteiger partial charge on any atom is -0.494 e. The largest absolute Gasteiger partial charge is 0.494 e. The first-order valence-electron chi connectivity index (χ1n) is 10.4. The number of hydrogen-bond acceptors (Lipinski definition) is 6. The van der Waals surface area contributed by atoms with Crippen molar-refractivity contribution in [3.8, 4) is 23.4 Å². The monoisotopic (exact) mass is 489 g/mol. The Morgan fingerprint density at radius 2 is 1.97 bits per heavy atom. The molecule has 4 rings (SSSR count). The summed E-state index contributed by atoms with van der Waals surface area (Å²) in [4.78, 5) is 18.9. The summed E-state index contributed by atoms with van der Waals surface area (Å²) in [6.45, 7) is 2.50. The van der Waals surface area contributed by atoms with Gasteiger partial charge in [0, 0.05) is 18.3 Å². The van der Waals surface area contributed by atoms with Crippen molar-refractivity contribution in [2.75, 3.05) is 7.11 Å². The highest BCUT2D eigenvalue weighted by Crippen LogP contribution is 2.37. The number of aromatic nitrogens is 3. The van der Waals surface area contributed by atoms with E-state index in [0.717, 1.165) is 13.0 Å². The Bertz CT molecular complexity index is 1320. The summed E-state index contributed by atoms with van der Waals surface area (Å²) in [5, 5.41) is 13.8. The van der Waals surface area contributed by atoms with Crippen molar-refractivity contribution in [1.29, 1.82) is 5.26 Å². The van der Waals surface area contributed by atoms with Crippen LogP contribution in [0.15, 0.2) is 30.5 Å². The molecule has 1 unspecified atom stereocenters. The highest BCUT2D eigenvalue weighted by molar-refractivity contribution is 6.00. The Labute approximate surface area is 197 Å². The van der Waals surface area contributed by atoms with Gasteiger partial charge >= 0.3 is 6.18 Å². The zero-order chi connectivity index (χ0) is 25.5. The van der Waals surface area contributed by atoms with E-state index >= 15 is 0 Å². The van der Waals surface area contributed by atoms with Gasteiger partial charge in [-0.2, -0.15) is 23.5 Å². The molecule has 35 heavy (non-hydrogen) atoms. The van der Waals surface area contributed by atoms with Crippen molar-refractivity contribution < 1.29 is 31.8 Å². The van der Waals surface area contributed by atoms with Crippen LogP contribution in [0.1, 0.15) is 39.8 Å². The lowest BCUT2D eigenvalue weighted by molar-refractivity contribution is -0.189. The van der Waals surface area contributed by atoms with Gasteiger partial charge in [-0.05, 0) is 38.1 Å². The van der Waals surface area contributed by atoms with Gasteiger partial charge in [-0.15, -0.1) is 0 Å². The number of nitrogens with zero attached hydrogens (tertiary/aromatic N) is 5. The third-order valence-corrected chi connectivity index (χ3v) is 5.53. The molecule has 182 valence electrons. The Morgan fingerprint density at radius 1 is 1.23 bits per heavy atom. The standard InChI is InChI=1S/C23H19F4N5O3/c1-12-16(24)5-7-19(29-12)32-10-15-9-31(11-17(15)30-32)22(33)20-18(35-13(2)23(25,26)27)6-4-14(8-28)21(20)34-3/h4-7,10,13H,9,11H2,1-3H3. The fourth-order valence-electron chi connectivity index (χ4n) is 3.65. The van der Waals surface area contributed by atoms with Gasteiger partial charge in [0.05, 0.1) is 30.6 Å². The van der Waals surface area contributed by atoms with Gasteiger partial charge in [0.1, 0.15) is 23.2 Å². The minimum atomic E-state index is -4.66. The van der Waals surface area contributed by atoms with Crippen LogP contribution in [-0.2, 0) is 13.1 Å². The van der Waals surface area contributed by atoms with Crippen LogP contribution in [0.5, 0.6) is 11.5 Å². The molecule has 3 aromatic rings. The number of rotatable bonds is 5. The molecular weight excluding hydrogens is 470 g/mol. The molecule has 1 aliphatic rings. The van der Waals surface area contributed by atoms with Crippen LogP contribution in [-0.4, -0.2) is 45.0 Å². The molecule has 1 aliphatic heterocycles. The lowest BCUT2D eigenvalue weighted by Crippen LogP contribution is -2.33. The van der Waals surface area contributed by atoms with Gasteiger partial charge in [0.2, 0.25) is 0 Å². The van der Waals surface area contributed by atoms with Gasteiger partial charge in [-0.25, -0.2) is 14.1 Å². The topological polar surface area (TPSA) is 93.3 Å². The first-order chi connectivity index (χ1) is 16.5. The van der Waals surface area contributed by atoms with E-state index in [2.05, 4.69) is 10.1 Å². The molecule has 0 aliphatic carbocycles. The van der Waals surface area contributed by atoms with Crippen LogP contribution in [0.25, 0.3) is 5.82 Å². The Balaban J connectivity index is 1.64. The second-order valence-electron chi connectivity index (χ2n) is 7.88. The minimum absolute atomic E-state index is 0.0252. The average Bonchev–Trinajstić information content (AvgIpc) is 3.39. The van der Waals surface area contributed by atoms with E-state index in [1.54, 1.807) is 6.20 Å². The number of aryl methyl sites for hydroxylation is 1. The molecule has 0 spiro atoms. The molecule has 3 heterocycles. The smallest absolute Gasteiger partial charge is 0.425 e. The highest BCUT2D eigenvalue weighted by atomic mass is 19.4. The maximum Gasteiger partial charge on any atom is 0.425 e. The second-order valence-corrected chi connectivity index (χ2v) is 7.88. The molecular formula is C23H19F4N5O3. The SMILES string of the molecule is COc1c(C#N)ccc(OC(C)C(F)(F)F)c1C(=O)N1Cc2cn(-c3ccc(F)c(C)n3)nc2C1. The van der Waals surface area contributed by atoms with E-state index in [-0.39, 0.29) is 41.4 Å². The van der Waals surface area contributed by atoms with E-state index in [1.807, 2.05) is 6.07 Å². The van der Waals surface area contributed by atoms with E-state index in [4.69, 9.17) is 9.47 Å². The number of ether oxygens (including phenoxy) is 2. The summed E-state index contributed by atoms with van der Waals surface area (Å²) >= 11 is 0. The fourth-order valence-corrected chi connectivity index (χ4v) is 3.65. The molecule has 0 bridgehead atoms. The number of alkyl halides is 3. The van der Waals surface area contributed by atoms with Crippen molar-refractivity contribution >= 4 is 5.91 Å². The molecule has 0 saturated heterocycles. The average molecular weight is 489 g/mol. The van der Waals surface area contributed by atoms with Crippen molar-refractivity contribution in [3.63, 3.8) is 0 Å². The van der Waals surface area contributed by atoms with Crippen LogP contribution < -0.4 is 9.47 Å². The van der Waals surface area contributed by atoms with E-state index < -0.39 is 24.0 Å². The lowest BCUT2D eigenvalue weighted by atomic mass is 10.1. The van der Waals surface area contributed by atoms with E-state index in [9.17, 15) is 27.6 Å². The number of nitriles is 1. The van der Waals surface area contributed by atoms with Crippen LogP contribution in [0.4, 0.5) is 17.6 Å². The summed E-state index contributed by atoms with van der Waals surface area (Å²) < 4.78 is 64.6. The lowest BCUT2D eigenvalue weighted by Gasteiger charge is -2.23. The van der Waals surface area contributed by atoms with Crippen LogP contribution in [0, 0.1) is 24.1 Å². The van der Waals surface area contributed by atoms with Gasteiger partial charge in [-0.1, -0.05) is 0 Å². The number of methoxy groups -OCH3 is 1. The number of carbonyl (C=O) groups excluding carboxylic acids is 1. The first kappa shape index (κ1) is 24.0. The normalized spacial score (nSPS) is 13.8. The Morgan fingerprint density at radius 3 is 2.57 bits per heavy atom. The number of halogens is 4. The summed E-state index contributed by atoms with van der Waals surface area (Å²) in [5.74, 6) is -1.25.